The summed E-state index contributed by atoms with van der Waals surface area (Å²) >= 11 is 1.39. The summed E-state index contributed by atoms with van der Waals surface area (Å²) in [5.41, 5.74) is 1.56. The van der Waals surface area contributed by atoms with Crippen molar-refractivity contribution < 1.29 is 18.7 Å². The van der Waals surface area contributed by atoms with E-state index >= 15 is 0 Å². The second kappa shape index (κ2) is 8.70. The topological polar surface area (TPSA) is 60.5 Å². The summed E-state index contributed by atoms with van der Waals surface area (Å²) in [6.45, 7) is 4.83. The van der Waals surface area contributed by atoms with Crippen molar-refractivity contribution in [2.45, 2.75) is 45.3 Å². The molecule has 2 aromatic rings. The van der Waals surface area contributed by atoms with Gasteiger partial charge in [-0.1, -0.05) is 0 Å². The Morgan fingerprint density at radius 2 is 2.19 bits per heavy atom. The molecule has 1 aromatic carbocycles. The van der Waals surface area contributed by atoms with E-state index in [0.29, 0.717) is 11.7 Å². The van der Waals surface area contributed by atoms with Gasteiger partial charge >= 0.3 is 0 Å². The van der Waals surface area contributed by atoms with Gasteiger partial charge in [0.2, 0.25) is 0 Å². The van der Waals surface area contributed by atoms with Gasteiger partial charge in [0.15, 0.2) is 5.13 Å². The third-order valence-corrected chi connectivity index (χ3v) is 5.21. The summed E-state index contributed by atoms with van der Waals surface area (Å²) in [4.78, 5) is 17.7. The Morgan fingerprint density at radius 1 is 1.42 bits per heavy atom. The fraction of sp³-hybridized carbons (Fsp3) is 0.474. The van der Waals surface area contributed by atoms with Crippen LogP contribution < -0.4 is 5.32 Å². The van der Waals surface area contributed by atoms with Gasteiger partial charge in [-0.3, -0.25) is 10.1 Å². The number of thiazole rings is 1. The number of rotatable bonds is 6. The fourth-order valence-electron chi connectivity index (χ4n) is 2.80. The molecule has 26 heavy (non-hydrogen) atoms. The van der Waals surface area contributed by atoms with Gasteiger partial charge in [-0.05, 0) is 57.4 Å². The van der Waals surface area contributed by atoms with Crippen LogP contribution in [0.5, 0.6) is 0 Å². The zero-order valence-electron chi connectivity index (χ0n) is 15.0. The number of nitrogens with one attached hydrogen (secondary N) is 1. The molecule has 1 N–H and O–H groups in total. The van der Waals surface area contributed by atoms with Crippen LogP contribution in [0.15, 0.2) is 24.3 Å². The first-order valence-electron chi connectivity index (χ1n) is 8.80. The van der Waals surface area contributed by atoms with Crippen molar-refractivity contribution in [3.63, 3.8) is 0 Å². The van der Waals surface area contributed by atoms with Crippen LogP contribution >= 0.6 is 11.3 Å². The number of benzene rings is 1. The number of ether oxygens (including phenoxy) is 2. The Labute approximate surface area is 156 Å². The lowest BCUT2D eigenvalue weighted by Gasteiger charge is -2.23. The molecule has 5 nitrogen and oxygen atoms in total. The van der Waals surface area contributed by atoms with Crippen LogP contribution in [0, 0.1) is 12.7 Å². The number of nitrogens with zero attached hydrogens (tertiary/aromatic N) is 1. The Morgan fingerprint density at radius 3 is 2.88 bits per heavy atom. The third kappa shape index (κ3) is 4.87. The van der Waals surface area contributed by atoms with Crippen molar-refractivity contribution in [1.82, 2.24) is 4.98 Å². The molecule has 1 saturated heterocycles. The van der Waals surface area contributed by atoms with Crippen molar-refractivity contribution in [1.29, 1.82) is 0 Å². The van der Waals surface area contributed by atoms with Crippen molar-refractivity contribution in [2.75, 3.05) is 18.5 Å². The Kier molecular flexibility index (Phi) is 6.34. The van der Waals surface area contributed by atoms with E-state index in [0.717, 1.165) is 42.0 Å². The number of aryl methyl sites for hydroxylation is 1. The number of amides is 1. The second-order valence-electron chi connectivity index (χ2n) is 6.38. The fourth-order valence-corrected chi connectivity index (χ4v) is 3.64. The SMILES string of the molecule is Cc1sc(NC(=O)[C@H](C)OC[C@@H]2CCCCO2)nc1-c1ccc(F)cc1. The maximum absolute atomic E-state index is 13.1. The van der Waals surface area contributed by atoms with Gasteiger partial charge in [0.25, 0.3) is 5.91 Å². The molecule has 0 radical (unpaired) electrons. The van der Waals surface area contributed by atoms with Crippen LogP contribution in [0.2, 0.25) is 0 Å². The van der Waals surface area contributed by atoms with E-state index in [1.165, 1.54) is 23.5 Å². The van der Waals surface area contributed by atoms with Crippen LogP contribution in [0.1, 0.15) is 31.1 Å². The predicted octanol–water partition coefficient (Wildman–Crippen LogP) is 4.17. The van der Waals surface area contributed by atoms with Gasteiger partial charge in [0, 0.05) is 17.0 Å². The first-order valence-corrected chi connectivity index (χ1v) is 9.62. The monoisotopic (exact) mass is 378 g/mol. The average molecular weight is 378 g/mol. The molecule has 1 aromatic heterocycles. The lowest BCUT2D eigenvalue weighted by Crippen LogP contribution is -2.32. The molecule has 0 unspecified atom stereocenters. The third-order valence-electron chi connectivity index (χ3n) is 4.32. The van der Waals surface area contributed by atoms with E-state index < -0.39 is 6.10 Å². The summed E-state index contributed by atoms with van der Waals surface area (Å²) in [5.74, 6) is -0.525. The van der Waals surface area contributed by atoms with Crippen LogP contribution in [0.3, 0.4) is 0 Å². The summed E-state index contributed by atoms with van der Waals surface area (Å²) < 4.78 is 24.3. The summed E-state index contributed by atoms with van der Waals surface area (Å²) in [6, 6.07) is 6.16. The van der Waals surface area contributed by atoms with Gasteiger partial charge < -0.3 is 9.47 Å². The van der Waals surface area contributed by atoms with Gasteiger partial charge in [0.1, 0.15) is 11.9 Å². The minimum absolute atomic E-state index is 0.0752. The number of hydrogen-bond donors (Lipinski definition) is 1. The molecule has 2 heterocycles. The highest BCUT2D eigenvalue weighted by Gasteiger charge is 2.20. The quantitative estimate of drug-likeness (QED) is 0.820. The van der Waals surface area contributed by atoms with E-state index in [9.17, 15) is 9.18 Å². The average Bonchev–Trinajstić information content (AvgIpc) is 3.01. The van der Waals surface area contributed by atoms with E-state index in [1.54, 1.807) is 19.1 Å². The molecule has 7 heteroatoms. The molecule has 1 fully saturated rings. The molecular formula is C19H23FN2O3S. The van der Waals surface area contributed by atoms with Gasteiger partial charge in [-0.25, -0.2) is 9.37 Å². The predicted molar refractivity (Wildman–Crippen MR) is 99.9 cm³/mol. The first-order chi connectivity index (χ1) is 12.5. The maximum atomic E-state index is 13.1. The molecule has 0 bridgehead atoms. The molecular weight excluding hydrogens is 355 g/mol. The molecule has 2 atom stereocenters. The smallest absolute Gasteiger partial charge is 0.254 e. The van der Waals surface area contributed by atoms with Gasteiger partial charge in [-0.15, -0.1) is 11.3 Å². The van der Waals surface area contributed by atoms with E-state index in [4.69, 9.17) is 9.47 Å². The highest BCUT2D eigenvalue weighted by atomic mass is 32.1. The molecule has 140 valence electrons. The molecule has 1 aliphatic rings. The molecule has 1 aliphatic heterocycles. The maximum Gasteiger partial charge on any atom is 0.254 e. The number of carbonyl (C=O) groups is 1. The molecule has 1 amide bonds. The van der Waals surface area contributed by atoms with Gasteiger partial charge in [-0.2, -0.15) is 0 Å². The van der Waals surface area contributed by atoms with Crippen LogP contribution in [0.25, 0.3) is 11.3 Å². The number of hydrogen-bond acceptors (Lipinski definition) is 5. The summed E-state index contributed by atoms with van der Waals surface area (Å²) in [5, 5.41) is 3.31. The zero-order chi connectivity index (χ0) is 18.5. The van der Waals surface area contributed by atoms with Crippen molar-refractivity contribution >= 4 is 22.4 Å². The standard InChI is InChI=1S/C19H23FN2O3S/c1-12(25-11-16-5-3-4-10-24-16)18(23)22-19-21-17(13(2)26-19)14-6-8-15(20)9-7-14/h6-9,12,16H,3-5,10-11H2,1-2H3,(H,21,22,23)/t12-,16-/m0/s1. The van der Waals surface area contributed by atoms with Gasteiger partial charge in [0.05, 0.1) is 18.4 Å². The van der Waals surface area contributed by atoms with Crippen LogP contribution in [-0.4, -0.2) is 36.3 Å². The Hall–Kier alpha value is -1.83. The number of halogens is 1. The largest absolute Gasteiger partial charge is 0.376 e. The highest BCUT2D eigenvalue weighted by molar-refractivity contribution is 7.16. The Balaban J connectivity index is 1.57. The summed E-state index contributed by atoms with van der Waals surface area (Å²) in [6.07, 6.45) is 2.69. The normalized spacial score (nSPS) is 18.5. The second-order valence-corrected chi connectivity index (χ2v) is 7.59. The Bertz CT molecular complexity index is 742. The highest BCUT2D eigenvalue weighted by Crippen LogP contribution is 2.30. The van der Waals surface area contributed by atoms with Crippen LogP contribution in [0.4, 0.5) is 9.52 Å². The molecule has 3 rings (SSSR count). The van der Waals surface area contributed by atoms with E-state index in [1.807, 2.05) is 6.92 Å². The number of aromatic nitrogens is 1. The number of carbonyl (C=O) groups excluding carboxylic acids is 1. The first kappa shape index (κ1) is 18.9. The van der Waals surface area contributed by atoms with E-state index in [-0.39, 0.29) is 17.8 Å². The van der Waals surface area contributed by atoms with Crippen molar-refractivity contribution in [3.8, 4) is 11.3 Å². The van der Waals surface area contributed by atoms with Crippen molar-refractivity contribution in [2.24, 2.45) is 0 Å². The lowest BCUT2D eigenvalue weighted by molar-refractivity contribution is -0.130. The zero-order valence-corrected chi connectivity index (χ0v) is 15.8. The summed E-state index contributed by atoms with van der Waals surface area (Å²) in [7, 11) is 0. The number of anilines is 1. The molecule has 0 saturated carbocycles. The lowest BCUT2D eigenvalue weighted by atomic mass is 10.1. The molecule has 0 aliphatic carbocycles. The molecule has 0 spiro atoms. The minimum atomic E-state index is -0.584. The van der Waals surface area contributed by atoms with Crippen LogP contribution in [-0.2, 0) is 14.3 Å². The minimum Gasteiger partial charge on any atom is -0.376 e. The van der Waals surface area contributed by atoms with E-state index in [2.05, 4.69) is 10.3 Å². The van der Waals surface area contributed by atoms with Crippen molar-refractivity contribution in [3.05, 3.63) is 35.0 Å².